The van der Waals surface area contributed by atoms with Crippen LogP contribution in [0.3, 0.4) is 0 Å². The summed E-state index contributed by atoms with van der Waals surface area (Å²) in [6, 6.07) is 7.57. The minimum atomic E-state index is 0.463. The molecule has 4 aromatic rings. The summed E-state index contributed by atoms with van der Waals surface area (Å²) in [6.07, 6.45) is 6.85. The average molecular weight is 365 g/mol. The van der Waals surface area contributed by atoms with Crippen LogP contribution < -0.4 is 10.6 Å². The molecular weight excluding hydrogens is 346 g/mol. The minimum Gasteiger partial charge on any atom is -0.472 e. The Kier molecular flexibility index (Phi) is 4.82. The van der Waals surface area contributed by atoms with Gasteiger partial charge in [-0.25, -0.2) is 4.98 Å². The van der Waals surface area contributed by atoms with Crippen LogP contribution in [0.2, 0.25) is 0 Å². The highest BCUT2D eigenvalue weighted by Crippen LogP contribution is 2.15. The number of furan rings is 1. The Hall–Kier alpha value is -3.62. The lowest BCUT2D eigenvalue weighted by molar-refractivity contribution is 0.384. The summed E-state index contributed by atoms with van der Waals surface area (Å²) < 4.78 is 10.2. The Morgan fingerprint density at radius 2 is 2.11 bits per heavy atom. The van der Waals surface area contributed by atoms with Crippen molar-refractivity contribution in [1.82, 2.24) is 25.3 Å². The lowest BCUT2D eigenvalue weighted by atomic mass is 10.1. The van der Waals surface area contributed by atoms with Crippen LogP contribution in [0.5, 0.6) is 0 Å². The number of anilines is 3. The van der Waals surface area contributed by atoms with Crippen molar-refractivity contribution >= 4 is 17.6 Å². The number of H-pyrrole nitrogens is 1. The summed E-state index contributed by atoms with van der Waals surface area (Å²) in [6.45, 7) is 2.34. The second kappa shape index (κ2) is 7.73. The standard InChI is InChI=1S/C18H19N7O2/c1-12-8-15(27-25-12)10-20-18-19-6-4-16(22-18)21-17-9-14(23-24-17)3-2-13-5-7-26-11-13/h4-9,11H,2-3,10H2,1H3,(H3,19,20,21,22,23,24). The van der Waals surface area contributed by atoms with Gasteiger partial charge in [0.25, 0.3) is 0 Å². The number of aryl methyl sites for hydroxylation is 3. The largest absolute Gasteiger partial charge is 0.472 e. The molecule has 9 heteroatoms. The third-order valence-corrected chi connectivity index (χ3v) is 3.90. The van der Waals surface area contributed by atoms with E-state index in [4.69, 9.17) is 8.94 Å². The fourth-order valence-electron chi connectivity index (χ4n) is 2.58. The first-order chi connectivity index (χ1) is 13.2. The minimum absolute atomic E-state index is 0.463. The number of aromatic nitrogens is 5. The first kappa shape index (κ1) is 16.8. The van der Waals surface area contributed by atoms with E-state index < -0.39 is 0 Å². The van der Waals surface area contributed by atoms with E-state index >= 15 is 0 Å². The summed E-state index contributed by atoms with van der Waals surface area (Å²) in [5.41, 5.74) is 3.03. The first-order valence-electron chi connectivity index (χ1n) is 8.56. The van der Waals surface area contributed by atoms with Crippen LogP contribution in [-0.4, -0.2) is 25.3 Å². The van der Waals surface area contributed by atoms with Gasteiger partial charge in [0.15, 0.2) is 11.6 Å². The zero-order valence-electron chi connectivity index (χ0n) is 14.8. The van der Waals surface area contributed by atoms with Gasteiger partial charge >= 0.3 is 0 Å². The van der Waals surface area contributed by atoms with Crippen molar-refractivity contribution in [3.8, 4) is 0 Å². The fraction of sp³-hybridized carbons (Fsp3) is 0.222. The molecule has 0 unspecified atom stereocenters. The quantitative estimate of drug-likeness (QED) is 0.435. The van der Waals surface area contributed by atoms with Crippen molar-refractivity contribution in [2.75, 3.05) is 10.6 Å². The normalized spacial score (nSPS) is 10.9. The summed E-state index contributed by atoms with van der Waals surface area (Å²) in [5.74, 6) is 2.57. The molecule has 3 N–H and O–H groups in total. The average Bonchev–Trinajstić information content (AvgIpc) is 3.41. The molecule has 4 aromatic heterocycles. The van der Waals surface area contributed by atoms with Crippen LogP contribution in [0, 0.1) is 6.92 Å². The van der Waals surface area contributed by atoms with E-state index in [9.17, 15) is 0 Å². The molecule has 0 aliphatic carbocycles. The monoisotopic (exact) mass is 365 g/mol. The molecule has 9 nitrogen and oxygen atoms in total. The van der Waals surface area contributed by atoms with Crippen molar-refractivity contribution in [2.45, 2.75) is 26.3 Å². The molecule has 0 aliphatic heterocycles. The highest BCUT2D eigenvalue weighted by molar-refractivity contribution is 5.53. The van der Waals surface area contributed by atoms with E-state index in [1.165, 1.54) is 0 Å². The topological polar surface area (TPSA) is 118 Å². The molecule has 0 aromatic carbocycles. The Morgan fingerprint density at radius 3 is 2.93 bits per heavy atom. The molecule has 0 amide bonds. The van der Waals surface area contributed by atoms with Gasteiger partial charge in [-0.2, -0.15) is 10.1 Å². The van der Waals surface area contributed by atoms with Crippen LogP contribution in [-0.2, 0) is 19.4 Å². The second-order valence-electron chi connectivity index (χ2n) is 6.09. The van der Waals surface area contributed by atoms with Crippen LogP contribution in [0.15, 0.2) is 51.9 Å². The van der Waals surface area contributed by atoms with Gasteiger partial charge in [0.1, 0.15) is 5.82 Å². The van der Waals surface area contributed by atoms with Gasteiger partial charge in [-0.3, -0.25) is 5.10 Å². The maximum Gasteiger partial charge on any atom is 0.224 e. The predicted octanol–water partition coefficient (Wildman–Crippen LogP) is 3.23. The van der Waals surface area contributed by atoms with Gasteiger partial charge < -0.3 is 19.6 Å². The summed E-state index contributed by atoms with van der Waals surface area (Å²) in [7, 11) is 0. The van der Waals surface area contributed by atoms with Gasteiger partial charge in [-0.15, -0.1) is 0 Å². The summed E-state index contributed by atoms with van der Waals surface area (Å²) in [5, 5.41) is 17.4. The van der Waals surface area contributed by atoms with E-state index in [1.54, 1.807) is 24.8 Å². The van der Waals surface area contributed by atoms with E-state index in [2.05, 4.69) is 36.0 Å². The van der Waals surface area contributed by atoms with Crippen molar-refractivity contribution in [2.24, 2.45) is 0 Å². The van der Waals surface area contributed by atoms with Crippen LogP contribution >= 0.6 is 0 Å². The molecular formula is C18H19N7O2. The summed E-state index contributed by atoms with van der Waals surface area (Å²) in [4.78, 5) is 8.63. The van der Waals surface area contributed by atoms with E-state index in [0.29, 0.717) is 24.1 Å². The van der Waals surface area contributed by atoms with Crippen LogP contribution in [0.1, 0.15) is 22.7 Å². The Balaban J connectivity index is 1.33. The van der Waals surface area contributed by atoms with Crippen molar-refractivity contribution in [1.29, 1.82) is 0 Å². The Bertz CT molecular complexity index is 991. The molecule has 0 saturated heterocycles. The highest BCUT2D eigenvalue weighted by atomic mass is 16.5. The fourth-order valence-corrected chi connectivity index (χ4v) is 2.58. The molecule has 0 atom stereocenters. The molecule has 0 fully saturated rings. The molecule has 138 valence electrons. The lowest BCUT2D eigenvalue weighted by Gasteiger charge is -2.05. The van der Waals surface area contributed by atoms with Gasteiger partial charge in [-0.05, 0) is 37.5 Å². The third-order valence-electron chi connectivity index (χ3n) is 3.90. The molecule has 0 aliphatic rings. The van der Waals surface area contributed by atoms with Crippen molar-refractivity contribution in [3.05, 3.63) is 65.7 Å². The predicted molar refractivity (Wildman–Crippen MR) is 98.6 cm³/mol. The molecule has 27 heavy (non-hydrogen) atoms. The number of nitrogens with zero attached hydrogens (tertiary/aromatic N) is 4. The van der Waals surface area contributed by atoms with Crippen LogP contribution in [0.4, 0.5) is 17.6 Å². The highest BCUT2D eigenvalue weighted by Gasteiger charge is 2.06. The molecule has 0 radical (unpaired) electrons. The maximum absolute atomic E-state index is 5.16. The lowest BCUT2D eigenvalue weighted by Crippen LogP contribution is -2.04. The van der Waals surface area contributed by atoms with E-state index in [1.807, 2.05) is 25.1 Å². The van der Waals surface area contributed by atoms with Gasteiger partial charge in [-0.1, -0.05) is 5.16 Å². The smallest absolute Gasteiger partial charge is 0.224 e. The van der Waals surface area contributed by atoms with Crippen LogP contribution in [0.25, 0.3) is 0 Å². The number of rotatable bonds is 8. The number of hydrogen-bond acceptors (Lipinski definition) is 8. The molecule has 0 spiro atoms. The Labute approximate surface area is 155 Å². The molecule has 0 saturated carbocycles. The van der Waals surface area contributed by atoms with E-state index in [0.717, 1.165) is 35.6 Å². The van der Waals surface area contributed by atoms with Gasteiger partial charge in [0.2, 0.25) is 5.95 Å². The number of hydrogen-bond donors (Lipinski definition) is 3. The maximum atomic E-state index is 5.16. The van der Waals surface area contributed by atoms with Gasteiger partial charge in [0.05, 0.1) is 24.8 Å². The zero-order chi connectivity index (χ0) is 18.5. The molecule has 4 heterocycles. The van der Waals surface area contributed by atoms with E-state index in [-0.39, 0.29) is 0 Å². The zero-order valence-corrected chi connectivity index (χ0v) is 14.8. The Morgan fingerprint density at radius 1 is 1.15 bits per heavy atom. The van der Waals surface area contributed by atoms with Gasteiger partial charge in [0, 0.05) is 24.0 Å². The first-order valence-corrected chi connectivity index (χ1v) is 8.56. The summed E-state index contributed by atoms with van der Waals surface area (Å²) >= 11 is 0. The SMILES string of the molecule is Cc1cc(CNc2nccc(Nc3cc(CCc4ccoc4)[nH]n3)n2)on1. The molecule has 0 bridgehead atoms. The van der Waals surface area contributed by atoms with Crippen molar-refractivity contribution < 1.29 is 8.94 Å². The third kappa shape index (κ3) is 4.51. The number of nitrogens with one attached hydrogen (secondary N) is 3. The van der Waals surface area contributed by atoms with Crippen molar-refractivity contribution in [3.63, 3.8) is 0 Å². The number of aromatic amines is 1. The second-order valence-corrected chi connectivity index (χ2v) is 6.09. The molecule has 4 rings (SSSR count).